The van der Waals surface area contributed by atoms with Crippen LogP contribution in [0.5, 0.6) is 0 Å². The van der Waals surface area contributed by atoms with Crippen LogP contribution in [-0.2, 0) is 17.1 Å². The number of para-hydroxylation sites is 1. The van der Waals surface area contributed by atoms with Gasteiger partial charge in [-0.1, -0.05) is 54.9 Å². The third-order valence-corrected chi connectivity index (χ3v) is 7.43. The van der Waals surface area contributed by atoms with Crippen molar-refractivity contribution in [3.63, 3.8) is 0 Å². The monoisotopic (exact) mass is 492 g/mol. The maximum Gasteiger partial charge on any atom is 0.262 e. The van der Waals surface area contributed by atoms with Gasteiger partial charge in [-0.05, 0) is 44.0 Å². The number of rotatable bonds is 8. The van der Waals surface area contributed by atoms with E-state index in [-0.39, 0.29) is 11.5 Å². The second-order valence-corrected chi connectivity index (χ2v) is 10.1. The molecule has 0 aliphatic carbocycles. The number of anilines is 2. The Balaban J connectivity index is 1.61. The predicted molar refractivity (Wildman–Crippen MR) is 141 cm³/mol. The van der Waals surface area contributed by atoms with Crippen molar-refractivity contribution in [1.82, 2.24) is 14.5 Å². The van der Waals surface area contributed by atoms with Gasteiger partial charge in [0.1, 0.15) is 0 Å². The molecule has 8 heteroatoms. The van der Waals surface area contributed by atoms with Gasteiger partial charge in [0.2, 0.25) is 5.91 Å². The van der Waals surface area contributed by atoms with Crippen molar-refractivity contribution >= 4 is 50.7 Å². The van der Waals surface area contributed by atoms with E-state index in [4.69, 9.17) is 9.97 Å². The predicted octanol–water partition coefficient (Wildman–Crippen LogP) is 6.25. The van der Waals surface area contributed by atoms with E-state index in [1.807, 2.05) is 55.6 Å². The summed E-state index contributed by atoms with van der Waals surface area (Å²) in [5.74, 6) is 0.483. The van der Waals surface area contributed by atoms with Crippen molar-refractivity contribution in [3.05, 3.63) is 75.0 Å². The van der Waals surface area contributed by atoms with Crippen molar-refractivity contribution in [3.8, 4) is 0 Å². The van der Waals surface area contributed by atoms with Gasteiger partial charge in [0.05, 0.1) is 22.3 Å². The smallest absolute Gasteiger partial charge is 0.262 e. The number of hydrogen-bond donors (Lipinski definition) is 0. The van der Waals surface area contributed by atoms with Gasteiger partial charge in [-0.3, -0.25) is 19.1 Å². The molecular formula is C26H28N4O2S2. The number of unbranched alkanes of at least 4 members (excludes halogenated alkanes) is 1. The van der Waals surface area contributed by atoms with Gasteiger partial charge < -0.3 is 0 Å². The van der Waals surface area contributed by atoms with Gasteiger partial charge in [-0.25, -0.2) is 9.97 Å². The molecule has 176 valence electrons. The van der Waals surface area contributed by atoms with Crippen LogP contribution in [0.25, 0.3) is 10.9 Å². The molecule has 0 atom stereocenters. The highest BCUT2D eigenvalue weighted by molar-refractivity contribution is 7.98. The first-order valence-corrected chi connectivity index (χ1v) is 13.2. The lowest BCUT2D eigenvalue weighted by Gasteiger charge is -2.20. The molecule has 0 saturated heterocycles. The Morgan fingerprint density at radius 2 is 1.94 bits per heavy atom. The summed E-state index contributed by atoms with van der Waals surface area (Å²) in [6.07, 6.45) is 1.91. The standard InChI is InChI=1S/C26H28N4O2S2/c1-5-6-13-29-24(32)21-9-7-8-10-22(21)28-25(29)33-15-20-16-34-26(27-20)30(19(4)31)23-12-11-17(2)14-18(23)3/h7-12,14,16H,5-6,13,15H2,1-4H3. The number of hydrogen-bond acceptors (Lipinski definition) is 6. The maximum absolute atomic E-state index is 13.1. The highest BCUT2D eigenvalue weighted by Gasteiger charge is 2.20. The first-order chi connectivity index (χ1) is 16.4. The average Bonchev–Trinajstić information content (AvgIpc) is 3.27. The number of thiazole rings is 1. The summed E-state index contributed by atoms with van der Waals surface area (Å²) in [5, 5.41) is 3.95. The van der Waals surface area contributed by atoms with E-state index in [1.165, 1.54) is 23.1 Å². The van der Waals surface area contributed by atoms with Gasteiger partial charge in [0, 0.05) is 24.6 Å². The molecular weight excluding hydrogens is 464 g/mol. The summed E-state index contributed by atoms with van der Waals surface area (Å²) in [4.78, 5) is 36.8. The zero-order chi connectivity index (χ0) is 24.2. The Morgan fingerprint density at radius 3 is 2.68 bits per heavy atom. The molecule has 4 rings (SSSR count). The molecule has 0 aliphatic rings. The second-order valence-electron chi connectivity index (χ2n) is 8.28. The third-order valence-electron chi connectivity index (χ3n) is 5.55. The molecule has 0 unspecified atom stereocenters. The molecule has 2 aromatic heterocycles. The van der Waals surface area contributed by atoms with Gasteiger partial charge in [0.25, 0.3) is 5.56 Å². The zero-order valence-electron chi connectivity index (χ0n) is 19.9. The fourth-order valence-corrected chi connectivity index (χ4v) is 5.74. The van der Waals surface area contributed by atoms with Crippen LogP contribution in [-0.4, -0.2) is 20.4 Å². The summed E-state index contributed by atoms with van der Waals surface area (Å²) in [7, 11) is 0. The van der Waals surface area contributed by atoms with E-state index in [2.05, 4.69) is 13.0 Å². The minimum Gasteiger partial charge on any atom is -0.287 e. The molecule has 2 aromatic carbocycles. The van der Waals surface area contributed by atoms with E-state index < -0.39 is 0 Å². The summed E-state index contributed by atoms with van der Waals surface area (Å²) >= 11 is 2.95. The van der Waals surface area contributed by atoms with Crippen molar-refractivity contribution in [2.45, 2.75) is 58.0 Å². The summed E-state index contributed by atoms with van der Waals surface area (Å²) in [6.45, 7) is 8.35. The number of carbonyl (C=O) groups is 1. The number of nitrogens with zero attached hydrogens (tertiary/aromatic N) is 4. The van der Waals surface area contributed by atoms with Crippen LogP contribution < -0.4 is 10.5 Å². The number of aromatic nitrogens is 3. The van der Waals surface area contributed by atoms with E-state index in [1.54, 1.807) is 16.4 Å². The number of aryl methyl sites for hydroxylation is 2. The van der Waals surface area contributed by atoms with Crippen molar-refractivity contribution in [1.29, 1.82) is 0 Å². The summed E-state index contributed by atoms with van der Waals surface area (Å²) < 4.78 is 1.78. The normalized spacial score (nSPS) is 11.2. The number of thioether (sulfide) groups is 1. The molecule has 0 radical (unpaired) electrons. The minimum atomic E-state index is -0.0786. The first-order valence-electron chi connectivity index (χ1n) is 11.3. The molecule has 0 N–H and O–H groups in total. The fraction of sp³-hybridized carbons (Fsp3) is 0.308. The number of carbonyl (C=O) groups excluding carboxylic acids is 1. The van der Waals surface area contributed by atoms with Gasteiger partial charge in [-0.15, -0.1) is 11.3 Å². The first kappa shape index (κ1) is 24.2. The molecule has 4 aromatic rings. The molecule has 6 nitrogen and oxygen atoms in total. The molecule has 0 aliphatic heterocycles. The molecule has 34 heavy (non-hydrogen) atoms. The zero-order valence-corrected chi connectivity index (χ0v) is 21.5. The molecule has 0 fully saturated rings. The Kier molecular flexibility index (Phi) is 7.48. The van der Waals surface area contributed by atoms with Gasteiger partial charge in [0.15, 0.2) is 10.3 Å². The molecule has 1 amide bonds. The Bertz CT molecular complexity index is 1390. The van der Waals surface area contributed by atoms with E-state index >= 15 is 0 Å². The molecule has 0 bridgehead atoms. The highest BCUT2D eigenvalue weighted by Crippen LogP contribution is 2.33. The van der Waals surface area contributed by atoms with Gasteiger partial charge >= 0.3 is 0 Å². The number of fused-ring (bicyclic) bond motifs is 1. The maximum atomic E-state index is 13.1. The average molecular weight is 493 g/mol. The summed E-state index contributed by atoms with van der Waals surface area (Å²) in [6, 6.07) is 13.5. The lowest BCUT2D eigenvalue weighted by atomic mass is 10.1. The highest BCUT2D eigenvalue weighted by atomic mass is 32.2. The quantitative estimate of drug-likeness (QED) is 0.215. The van der Waals surface area contributed by atoms with Crippen molar-refractivity contribution < 1.29 is 4.79 Å². The van der Waals surface area contributed by atoms with Crippen molar-refractivity contribution in [2.75, 3.05) is 4.90 Å². The lowest BCUT2D eigenvalue weighted by Crippen LogP contribution is -2.23. The molecule has 0 saturated carbocycles. The minimum absolute atomic E-state index is 0.00174. The van der Waals surface area contributed by atoms with Crippen LogP contribution in [0.15, 0.2) is 57.8 Å². The SMILES string of the molecule is CCCCn1c(SCc2csc(N(C(C)=O)c3ccc(C)cc3C)n2)nc2ccccc2c1=O. The molecule has 2 heterocycles. The lowest BCUT2D eigenvalue weighted by molar-refractivity contribution is -0.115. The van der Waals surface area contributed by atoms with Crippen LogP contribution in [0.3, 0.4) is 0 Å². The Labute approximate surface area is 207 Å². The van der Waals surface area contributed by atoms with E-state index in [0.29, 0.717) is 33.5 Å². The van der Waals surface area contributed by atoms with Gasteiger partial charge in [-0.2, -0.15) is 0 Å². The Morgan fingerprint density at radius 1 is 1.15 bits per heavy atom. The number of amides is 1. The largest absolute Gasteiger partial charge is 0.287 e. The Hall–Kier alpha value is -2.97. The summed E-state index contributed by atoms with van der Waals surface area (Å²) in [5.41, 5.74) is 4.58. The van der Waals surface area contributed by atoms with Crippen LogP contribution in [0, 0.1) is 13.8 Å². The van der Waals surface area contributed by atoms with Crippen LogP contribution in [0.1, 0.15) is 43.5 Å². The van der Waals surface area contributed by atoms with Crippen LogP contribution in [0.2, 0.25) is 0 Å². The second kappa shape index (κ2) is 10.5. The van der Waals surface area contributed by atoms with E-state index in [9.17, 15) is 9.59 Å². The topological polar surface area (TPSA) is 68.1 Å². The third kappa shape index (κ3) is 5.08. The van der Waals surface area contributed by atoms with Crippen molar-refractivity contribution in [2.24, 2.45) is 0 Å². The number of benzene rings is 2. The van der Waals surface area contributed by atoms with Crippen LogP contribution in [0.4, 0.5) is 10.8 Å². The molecule has 0 spiro atoms. The fourth-order valence-electron chi connectivity index (χ4n) is 3.84. The van der Waals surface area contributed by atoms with Crippen LogP contribution >= 0.6 is 23.1 Å². The van der Waals surface area contributed by atoms with E-state index in [0.717, 1.165) is 35.3 Å².